The van der Waals surface area contributed by atoms with Crippen molar-refractivity contribution in [3.05, 3.63) is 0 Å². The second-order valence-electron chi connectivity index (χ2n) is 6.02. The van der Waals surface area contributed by atoms with E-state index in [0.29, 0.717) is 0 Å². The Balaban J connectivity index is 3.16. The molecular weight excluding hydrogens is 515 g/mol. The number of hydrogen-bond acceptors (Lipinski definition) is 1. The van der Waals surface area contributed by atoms with Crippen LogP contribution < -0.4 is 0 Å². The molecule has 26 heavy (non-hydrogen) atoms. The van der Waals surface area contributed by atoms with E-state index in [1.807, 2.05) is 0 Å². The molecule has 1 fully saturated rings. The largest absolute Gasteiger partial charge is 0.426 e. The third kappa shape index (κ3) is 3.72. The first-order valence-corrected chi connectivity index (χ1v) is 7.97. The highest BCUT2D eigenvalue weighted by molar-refractivity contribution is 14.1. The minimum Gasteiger partial charge on any atom is -0.373 e. The highest BCUT2D eigenvalue weighted by Crippen LogP contribution is 2.60. The van der Waals surface area contributed by atoms with Gasteiger partial charge in [0, 0.05) is 5.92 Å². The molecule has 0 radical (unpaired) electrons. The summed E-state index contributed by atoms with van der Waals surface area (Å²) >= 11 is 0.111. The first-order valence-electron chi connectivity index (χ1n) is 6.89. The molecule has 156 valence electrons. The SMILES string of the molecule is OC(C1CCC(C(I)(C(F)(F)F)C(F)(F)F)CC1)(C(F)(F)F)C(F)(F)F. The van der Waals surface area contributed by atoms with E-state index in [4.69, 9.17) is 0 Å². The molecule has 0 atom stereocenters. The van der Waals surface area contributed by atoms with E-state index < -0.39 is 71.2 Å². The van der Waals surface area contributed by atoms with Crippen LogP contribution >= 0.6 is 22.6 Å². The van der Waals surface area contributed by atoms with E-state index >= 15 is 0 Å². The molecular formula is C12H11F12IO. The maximum Gasteiger partial charge on any atom is 0.426 e. The zero-order valence-electron chi connectivity index (χ0n) is 12.3. The van der Waals surface area contributed by atoms with Crippen LogP contribution in [0.4, 0.5) is 52.7 Å². The predicted molar refractivity (Wildman–Crippen MR) is 71.4 cm³/mol. The van der Waals surface area contributed by atoms with Gasteiger partial charge in [0.15, 0.2) is 0 Å². The number of aliphatic hydroxyl groups is 1. The second-order valence-corrected chi connectivity index (χ2v) is 7.72. The molecule has 0 bridgehead atoms. The fraction of sp³-hybridized carbons (Fsp3) is 1.00. The summed E-state index contributed by atoms with van der Waals surface area (Å²) in [7, 11) is 0. The summed E-state index contributed by atoms with van der Waals surface area (Å²) in [5.74, 6) is -4.87. The Bertz CT molecular complexity index is 420. The number of rotatable bonds is 2. The third-order valence-corrected chi connectivity index (χ3v) is 6.67. The lowest BCUT2D eigenvalue weighted by molar-refractivity contribution is -0.388. The zero-order chi connectivity index (χ0) is 21.0. The van der Waals surface area contributed by atoms with Gasteiger partial charge in [-0.1, -0.05) is 22.6 Å². The fourth-order valence-corrected chi connectivity index (χ4v) is 3.78. The van der Waals surface area contributed by atoms with Crippen molar-refractivity contribution in [3.8, 4) is 0 Å². The van der Waals surface area contributed by atoms with Gasteiger partial charge in [-0.15, -0.1) is 0 Å². The minimum absolute atomic E-state index is 0.111. The van der Waals surface area contributed by atoms with Crippen LogP contribution in [0.5, 0.6) is 0 Å². The van der Waals surface area contributed by atoms with Crippen molar-refractivity contribution < 1.29 is 57.8 Å². The normalized spacial score (nSPS) is 24.7. The van der Waals surface area contributed by atoms with Crippen molar-refractivity contribution in [1.29, 1.82) is 0 Å². The van der Waals surface area contributed by atoms with Crippen LogP contribution in [0, 0.1) is 11.8 Å². The minimum atomic E-state index is -6.18. The first-order chi connectivity index (χ1) is 11.2. The third-order valence-electron chi connectivity index (χ3n) is 4.57. The molecule has 1 aliphatic carbocycles. The van der Waals surface area contributed by atoms with Crippen LogP contribution in [0.1, 0.15) is 25.7 Å². The molecule has 1 nitrogen and oxygen atoms in total. The van der Waals surface area contributed by atoms with Crippen molar-refractivity contribution >= 4 is 22.6 Å². The van der Waals surface area contributed by atoms with E-state index in [2.05, 4.69) is 0 Å². The standard InChI is InChI=1S/C12H11F12IO/c13-9(14,15)7(25,10(16,17)18)5-1-3-6(4-2-5)8(26,11(19,20)21)12(22,23)24/h5-6,26H,1-4H2. The van der Waals surface area contributed by atoms with Gasteiger partial charge in [-0.25, -0.2) is 0 Å². The Hall–Kier alpha value is -0.150. The van der Waals surface area contributed by atoms with Crippen molar-refractivity contribution in [2.45, 2.75) is 59.4 Å². The summed E-state index contributed by atoms with van der Waals surface area (Å²) in [6.45, 7) is 0. The molecule has 0 aromatic carbocycles. The highest BCUT2D eigenvalue weighted by atomic mass is 127. The summed E-state index contributed by atoms with van der Waals surface area (Å²) in [5.41, 5.74) is -5.20. The van der Waals surface area contributed by atoms with Crippen LogP contribution in [-0.4, -0.2) is 38.8 Å². The van der Waals surface area contributed by atoms with E-state index in [0.717, 1.165) is 0 Å². The lowest BCUT2D eigenvalue weighted by Gasteiger charge is -2.45. The van der Waals surface area contributed by atoms with Crippen molar-refractivity contribution in [2.75, 3.05) is 0 Å². The molecule has 0 saturated heterocycles. The summed E-state index contributed by atoms with van der Waals surface area (Å²) in [5, 5.41) is 9.22. The van der Waals surface area contributed by atoms with Gasteiger partial charge in [0.2, 0.25) is 3.42 Å². The van der Waals surface area contributed by atoms with Crippen molar-refractivity contribution in [2.24, 2.45) is 11.8 Å². The van der Waals surface area contributed by atoms with Gasteiger partial charge >= 0.3 is 24.7 Å². The van der Waals surface area contributed by atoms with E-state index in [9.17, 15) is 57.8 Å². The Morgan fingerprint density at radius 1 is 0.538 bits per heavy atom. The monoisotopic (exact) mass is 526 g/mol. The molecule has 0 amide bonds. The molecule has 0 aromatic heterocycles. The fourth-order valence-electron chi connectivity index (χ4n) is 3.16. The van der Waals surface area contributed by atoms with E-state index in [1.54, 1.807) is 0 Å². The lowest BCUT2D eigenvalue weighted by Crippen LogP contribution is -2.63. The van der Waals surface area contributed by atoms with Gasteiger partial charge in [0.25, 0.3) is 5.60 Å². The van der Waals surface area contributed by atoms with Gasteiger partial charge in [-0.3, -0.25) is 0 Å². The van der Waals surface area contributed by atoms with Gasteiger partial charge < -0.3 is 5.11 Å². The van der Waals surface area contributed by atoms with Crippen molar-refractivity contribution in [3.63, 3.8) is 0 Å². The molecule has 1 N–H and O–H groups in total. The smallest absolute Gasteiger partial charge is 0.373 e. The number of halogens is 13. The quantitative estimate of drug-likeness (QED) is 0.268. The Morgan fingerprint density at radius 2 is 0.808 bits per heavy atom. The molecule has 1 rings (SSSR count). The molecule has 0 aliphatic heterocycles. The van der Waals surface area contributed by atoms with Crippen LogP contribution in [0.3, 0.4) is 0 Å². The molecule has 0 heterocycles. The van der Waals surface area contributed by atoms with Gasteiger partial charge in [-0.2, -0.15) is 52.7 Å². The predicted octanol–water partition coefficient (Wildman–Crippen LogP) is 5.95. The molecule has 0 spiro atoms. The lowest BCUT2D eigenvalue weighted by atomic mass is 9.69. The van der Waals surface area contributed by atoms with Gasteiger partial charge in [-0.05, 0) is 31.6 Å². The summed E-state index contributed by atoms with van der Waals surface area (Å²) in [6, 6.07) is 0. The van der Waals surface area contributed by atoms with Crippen LogP contribution in [0.25, 0.3) is 0 Å². The Kier molecular flexibility index (Phi) is 6.18. The zero-order valence-corrected chi connectivity index (χ0v) is 14.5. The second kappa shape index (κ2) is 6.72. The van der Waals surface area contributed by atoms with Crippen LogP contribution in [0.2, 0.25) is 0 Å². The van der Waals surface area contributed by atoms with E-state index in [-0.39, 0.29) is 22.6 Å². The molecule has 0 unspecified atom stereocenters. The molecule has 14 heteroatoms. The molecule has 1 aliphatic rings. The maximum atomic E-state index is 13.0. The topological polar surface area (TPSA) is 20.2 Å². The number of hydrogen-bond donors (Lipinski definition) is 1. The van der Waals surface area contributed by atoms with Gasteiger partial charge in [0.1, 0.15) is 0 Å². The maximum absolute atomic E-state index is 13.0. The van der Waals surface area contributed by atoms with Crippen LogP contribution in [0.15, 0.2) is 0 Å². The summed E-state index contributed by atoms with van der Waals surface area (Å²) in [4.78, 5) is 0. The highest BCUT2D eigenvalue weighted by Gasteiger charge is 2.76. The average Bonchev–Trinajstić information content (AvgIpc) is 2.40. The average molecular weight is 526 g/mol. The molecule has 0 aromatic rings. The Labute approximate surface area is 152 Å². The molecule has 1 saturated carbocycles. The number of alkyl halides is 13. The van der Waals surface area contributed by atoms with Gasteiger partial charge in [0.05, 0.1) is 0 Å². The van der Waals surface area contributed by atoms with Crippen LogP contribution in [-0.2, 0) is 0 Å². The summed E-state index contributed by atoms with van der Waals surface area (Å²) < 4.78 is 150. The summed E-state index contributed by atoms with van der Waals surface area (Å²) in [6.07, 6.45) is -29.0. The van der Waals surface area contributed by atoms with E-state index in [1.165, 1.54) is 0 Å². The Morgan fingerprint density at radius 3 is 1.04 bits per heavy atom. The van der Waals surface area contributed by atoms with Crippen molar-refractivity contribution in [1.82, 2.24) is 0 Å². The first kappa shape index (κ1) is 23.9.